The van der Waals surface area contributed by atoms with Crippen LogP contribution in [0.15, 0.2) is 59.0 Å². The van der Waals surface area contributed by atoms with Crippen LogP contribution >= 0.6 is 0 Å². The van der Waals surface area contributed by atoms with Crippen molar-refractivity contribution in [3.63, 3.8) is 0 Å². The van der Waals surface area contributed by atoms with Gasteiger partial charge in [0.15, 0.2) is 0 Å². The highest BCUT2D eigenvalue weighted by Gasteiger charge is 2.32. The summed E-state index contributed by atoms with van der Waals surface area (Å²) in [7, 11) is 0. The Kier molecular flexibility index (Phi) is 2.54. The van der Waals surface area contributed by atoms with Gasteiger partial charge in [-0.1, -0.05) is 36.4 Å². The van der Waals surface area contributed by atoms with Crippen LogP contribution in [0, 0.1) is 0 Å². The standard InChI is InChI=1S/C17H14O3/c18-17(13-10-19-15-8-4-2-6-12(13)15)16-9-11-5-1-3-7-14(11)20-16/h1-9,13,17-18H,10H2. The number of benzene rings is 2. The molecule has 2 atom stereocenters. The third-order valence-electron chi connectivity index (χ3n) is 3.85. The van der Waals surface area contributed by atoms with Crippen molar-refractivity contribution in [2.75, 3.05) is 6.61 Å². The van der Waals surface area contributed by atoms with E-state index in [-0.39, 0.29) is 5.92 Å². The highest BCUT2D eigenvalue weighted by Crippen LogP contribution is 2.42. The molecule has 0 bridgehead atoms. The van der Waals surface area contributed by atoms with Gasteiger partial charge in [0.05, 0.1) is 12.5 Å². The van der Waals surface area contributed by atoms with Crippen LogP contribution in [-0.4, -0.2) is 11.7 Å². The molecule has 100 valence electrons. The first-order valence-electron chi connectivity index (χ1n) is 6.71. The molecule has 1 aromatic heterocycles. The third kappa shape index (κ3) is 1.71. The molecule has 0 radical (unpaired) electrons. The van der Waals surface area contributed by atoms with E-state index in [4.69, 9.17) is 9.15 Å². The molecule has 0 saturated carbocycles. The van der Waals surface area contributed by atoms with Gasteiger partial charge in [-0.15, -0.1) is 0 Å². The van der Waals surface area contributed by atoms with Gasteiger partial charge in [-0.05, 0) is 18.2 Å². The molecule has 1 aliphatic heterocycles. The highest BCUT2D eigenvalue weighted by atomic mass is 16.5. The quantitative estimate of drug-likeness (QED) is 0.770. The summed E-state index contributed by atoms with van der Waals surface area (Å²) in [6, 6.07) is 17.5. The minimum atomic E-state index is -0.689. The summed E-state index contributed by atoms with van der Waals surface area (Å²) >= 11 is 0. The molecule has 3 heteroatoms. The van der Waals surface area contributed by atoms with Gasteiger partial charge in [0.25, 0.3) is 0 Å². The number of ether oxygens (including phenoxy) is 1. The Hall–Kier alpha value is -2.26. The zero-order valence-electron chi connectivity index (χ0n) is 10.8. The lowest BCUT2D eigenvalue weighted by Gasteiger charge is -2.14. The first-order valence-corrected chi connectivity index (χ1v) is 6.71. The van der Waals surface area contributed by atoms with Gasteiger partial charge in [-0.25, -0.2) is 0 Å². The lowest BCUT2D eigenvalue weighted by atomic mass is 9.94. The molecular weight excluding hydrogens is 252 g/mol. The maximum absolute atomic E-state index is 10.6. The minimum Gasteiger partial charge on any atom is -0.493 e. The molecule has 2 aromatic carbocycles. The molecule has 4 rings (SSSR count). The lowest BCUT2D eigenvalue weighted by Crippen LogP contribution is -2.11. The predicted octanol–water partition coefficient (Wildman–Crippen LogP) is 3.64. The smallest absolute Gasteiger partial charge is 0.134 e. The minimum absolute atomic E-state index is 0.0771. The summed E-state index contributed by atoms with van der Waals surface area (Å²) < 4.78 is 11.4. The summed E-state index contributed by atoms with van der Waals surface area (Å²) in [4.78, 5) is 0. The number of furan rings is 1. The summed E-state index contributed by atoms with van der Waals surface area (Å²) in [5, 5.41) is 11.6. The number of para-hydroxylation sites is 2. The molecule has 3 aromatic rings. The summed E-state index contributed by atoms with van der Waals surface area (Å²) in [5.41, 5.74) is 1.84. The van der Waals surface area contributed by atoms with Crippen LogP contribution in [0.5, 0.6) is 5.75 Å². The molecule has 20 heavy (non-hydrogen) atoms. The van der Waals surface area contributed by atoms with Crippen LogP contribution in [0.4, 0.5) is 0 Å². The predicted molar refractivity (Wildman–Crippen MR) is 75.9 cm³/mol. The number of aliphatic hydroxyl groups excluding tert-OH is 1. The molecule has 3 nitrogen and oxygen atoms in total. The van der Waals surface area contributed by atoms with Gasteiger partial charge in [0.1, 0.15) is 23.2 Å². The third-order valence-corrected chi connectivity index (χ3v) is 3.85. The van der Waals surface area contributed by atoms with Crippen molar-refractivity contribution in [3.8, 4) is 5.75 Å². The second kappa shape index (κ2) is 4.39. The topological polar surface area (TPSA) is 42.6 Å². The van der Waals surface area contributed by atoms with E-state index in [1.54, 1.807) is 0 Å². The van der Waals surface area contributed by atoms with Crippen molar-refractivity contribution in [3.05, 3.63) is 65.9 Å². The maximum atomic E-state index is 10.6. The van der Waals surface area contributed by atoms with E-state index >= 15 is 0 Å². The van der Waals surface area contributed by atoms with Crippen molar-refractivity contribution in [2.24, 2.45) is 0 Å². The molecule has 0 saturated heterocycles. The monoisotopic (exact) mass is 266 g/mol. The summed E-state index contributed by atoms with van der Waals surface area (Å²) in [6.07, 6.45) is -0.689. The highest BCUT2D eigenvalue weighted by molar-refractivity contribution is 5.77. The average Bonchev–Trinajstić information content (AvgIpc) is 3.10. The fourth-order valence-corrected chi connectivity index (χ4v) is 2.80. The Bertz CT molecular complexity index is 727. The molecule has 0 fully saturated rings. The molecule has 1 aliphatic rings. The van der Waals surface area contributed by atoms with E-state index in [2.05, 4.69) is 0 Å². The maximum Gasteiger partial charge on any atom is 0.134 e. The van der Waals surface area contributed by atoms with Gasteiger partial charge >= 0.3 is 0 Å². The van der Waals surface area contributed by atoms with Crippen molar-refractivity contribution < 1.29 is 14.3 Å². The second-order valence-electron chi connectivity index (χ2n) is 5.09. The molecule has 0 amide bonds. The Morgan fingerprint density at radius 3 is 2.75 bits per heavy atom. The van der Waals surface area contributed by atoms with Crippen molar-refractivity contribution in [1.29, 1.82) is 0 Å². The van der Waals surface area contributed by atoms with Gasteiger partial charge in [0.2, 0.25) is 0 Å². The van der Waals surface area contributed by atoms with Crippen LogP contribution in [-0.2, 0) is 0 Å². The number of fused-ring (bicyclic) bond motifs is 2. The summed E-state index contributed by atoms with van der Waals surface area (Å²) in [5.74, 6) is 1.37. The van der Waals surface area contributed by atoms with Crippen LogP contribution < -0.4 is 4.74 Å². The van der Waals surface area contributed by atoms with Crippen molar-refractivity contribution in [1.82, 2.24) is 0 Å². The Balaban J connectivity index is 1.72. The molecule has 1 N–H and O–H groups in total. The Labute approximate surface area is 116 Å². The molecular formula is C17H14O3. The normalized spacial score (nSPS) is 18.8. The Morgan fingerprint density at radius 1 is 1.05 bits per heavy atom. The van der Waals surface area contributed by atoms with Gasteiger partial charge in [0, 0.05) is 10.9 Å². The van der Waals surface area contributed by atoms with E-state index in [1.807, 2.05) is 54.6 Å². The number of hydrogen-bond acceptors (Lipinski definition) is 3. The van der Waals surface area contributed by atoms with Gasteiger partial charge in [-0.2, -0.15) is 0 Å². The van der Waals surface area contributed by atoms with Crippen LogP contribution in [0.25, 0.3) is 11.0 Å². The largest absolute Gasteiger partial charge is 0.493 e. The summed E-state index contributed by atoms with van der Waals surface area (Å²) in [6.45, 7) is 0.484. The van der Waals surface area contributed by atoms with Crippen LogP contribution in [0.1, 0.15) is 23.3 Å². The average molecular weight is 266 g/mol. The Morgan fingerprint density at radius 2 is 1.85 bits per heavy atom. The van der Waals surface area contributed by atoms with Gasteiger partial charge in [-0.3, -0.25) is 0 Å². The SMILES string of the molecule is OC(c1cc2ccccc2o1)C1COc2ccccc21. The molecule has 2 unspecified atom stereocenters. The van der Waals surface area contributed by atoms with Crippen LogP contribution in [0.3, 0.4) is 0 Å². The fourth-order valence-electron chi connectivity index (χ4n) is 2.80. The van der Waals surface area contributed by atoms with Gasteiger partial charge < -0.3 is 14.3 Å². The van der Waals surface area contributed by atoms with E-state index in [9.17, 15) is 5.11 Å². The first kappa shape index (κ1) is 11.6. The number of aliphatic hydroxyl groups is 1. The van der Waals surface area contributed by atoms with Crippen LogP contribution in [0.2, 0.25) is 0 Å². The first-order chi connectivity index (χ1) is 9.83. The zero-order valence-corrected chi connectivity index (χ0v) is 10.8. The molecule has 0 aliphatic carbocycles. The lowest BCUT2D eigenvalue weighted by molar-refractivity contribution is 0.109. The molecule has 0 spiro atoms. The number of hydrogen-bond donors (Lipinski definition) is 1. The van der Waals surface area contributed by atoms with E-state index in [1.165, 1.54) is 0 Å². The number of rotatable bonds is 2. The van der Waals surface area contributed by atoms with E-state index in [0.717, 1.165) is 22.3 Å². The fraction of sp³-hybridized carbons (Fsp3) is 0.176. The molecule has 2 heterocycles. The van der Waals surface area contributed by atoms with Crippen molar-refractivity contribution >= 4 is 11.0 Å². The second-order valence-corrected chi connectivity index (χ2v) is 5.09. The van der Waals surface area contributed by atoms with E-state index < -0.39 is 6.10 Å². The van der Waals surface area contributed by atoms with E-state index in [0.29, 0.717) is 12.4 Å². The van der Waals surface area contributed by atoms with Crippen molar-refractivity contribution in [2.45, 2.75) is 12.0 Å². The zero-order chi connectivity index (χ0) is 13.5.